The lowest BCUT2D eigenvalue weighted by Gasteiger charge is -2.07. The number of benzene rings is 1. The first-order valence-electron chi connectivity index (χ1n) is 4.87. The number of rotatable bonds is 6. The largest absolute Gasteiger partial charge is 0.374 e. The zero-order valence-corrected chi connectivity index (χ0v) is 11.8. The monoisotopic (exact) mass is 296 g/mol. The van der Waals surface area contributed by atoms with Crippen molar-refractivity contribution in [1.29, 1.82) is 0 Å². The van der Waals surface area contributed by atoms with Crippen LogP contribution in [0.4, 0.5) is 0 Å². The van der Waals surface area contributed by atoms with Crippen LogP contribution in [-0.2, 0) is 25.3 Å². The minimum Gasteiger partial charge on any atom is -0.374 e. The van der Waals surface area contributed by atoms with Crippen molar-refractivity contribution in [2.75, 3.05) is 19.5 Å². The zero-order valence-electron chi connectivity index (χ0n) is 9.45. The Morgan fingerprint density at radius 2 is 2.00 bits per heavy atom. The van der Waals surface area contributed by atoms with E-state index < -0.39 is 9.80 Å². The van der Waals surface area contributed by atoms with Gasteiger partial charge in [0.1, 0.15) is 0 Å². The van der Waals surface area contributed by atoms with Gasteiger partial charge in [0.25, 0.3) is 0 Å². The average Bonchev–Trinajstić information content (AvgIpc) is 2.21. The molecule has 0 aliphatic carbocycles. The molecule has 1 rings (SSSR count). The van der Waals surface area contributed by atoms with Crippen LogP contribution in [0.5, 0.6) is 0 Å². The SMILES string of the molecule is C=S(C)(=O)OCCOCc1ccc(Cl)c(Cl)c1. The smallest absolute Gasteiger partial charge is 0.0867 e. The molecule has 6 heteroatoms. The molecule has 0 N–H and O–H groups in total. The fourth-order valence-corrected chi connectivity index (χ4v) is 1.83. The van der Waals surface area contributed by atoms with Crippen molar-refractivity contribution in [1.82, 2.24) is 0 Å². The van der Waals surface area contributed by atoms with Gasteiger partial charge in [-0.1, -0.05) is 29.3 Å². The Morgan fingerprint density at radius 1 is 1.29 bits per heavy atom. The van der Waals surface area contributed by atoms with Crippen LogP contribution in [0.15, 0.2) is 18.2 Å². The van der Waals surface area contributed by atoms with Crippen molar-refractivity contribution < 1.29 is 13.1 Å². The molecule has 0 saturated carbocycles. The van der Waals surface area contributed by atoms with Crippen LogP contribution in [-0.4, -0.2) is 29.5 Å². The summed E-state index contributed by atoms with van der Waals surface area (Å²) in [4.78, 5) is 0. The lowest BCUT2D eigenvalue weighted by Crippen LogP contribution is -2.09. The summed E-state index contributed by atoms with van der Waals surface area (Å²) in [5.74, 6) is 3.37. The number of ether oxygens (including phenoxy) is 1. The third kappa shape index (κ3) is 6.29. The summed E-state index contributed by atoms with van der Waals surface area (Å²) in [6, 6.07) is 5.29. The molecule has 3 nitrogen and oxygen atoms in total. The Bertz CT molecular complexity index is 472. The molecule has 1 aromatic rings. The van der Waals surface area contributed by atoms with Gasteiger partial charge in [-0.25, -0.2) is 4.21 Å². The standard InChI is InChI=1S/C11H14Cl2O3S/c1-17(2,14)16-6-5-15-8-9-3-4-10(12)11(13)7-9/h3-4,7H,1,5-6,8H2,2H3. The highest BCUT2D eigenvalue weighted by Gasteiger charge is 2.00. The first-order chi connectivity index (χ1) is 7.88. The van der Waals surface area contributed by atoms with E-state index in [1.54, 1.807) is 12.1 Å². The highest BCUT2D eigenvalue weighted by atomic mass is 35.5. The van der Waals surface area contributed by atoms with E-state index in [0.717, 1.165) is 5.56 Å². The van der Waals surface area contributed by atoms with Gasteiger partial charge in [0.2, 0.25) is 0 Å². The van der Waals surface area contributed by atoms with E-state index in [2.05, 4.69) is 5.87 Å². The Hall–Kier alpha value is -0.260. The fraction of sp³-hybridized carbons (Fsp3) is 0.364. The van der Waals surface area contributed by atoms with Gasteiger partial charge >= 0.3 is 0 Å². The third-order valence-electron chi connectivity index (χ3n) is 1.81. The minimum absolute atomic E-state index is 0.250. The molecule has 0 heterocycles. The van der Waals surface area contributed by atoms with Crippen molar-refractivity contribution in [2.45, 2.75) is 6.61 Å². The van der Waals surface area contributed by atoms with Gasteiger partial charge in [-0.3, -0.25) is 4.18 Å². The molecule has 0 amide bonds. The van der Waals surface area contributed by atoms with Gasteiger partial charge in [0.15, 0.2) is 0 Å². The average molecular weight is 297 g/mol. The normalized spacial score (nSPS) is 14.5. The molecule has 0 aliphatic heterocycles. The first-order valence-corrected chi connectivity index (χ1v) is 7.68. The van der Waals surface area contributed by atoms with E-state index in [-0.39, 0.29) is 6.61 Å². The van der Waals surface area contributed by atoms with E-state index in [4.69, 9.17) is 32.1 Å². The van der Waals surface area contributed by atoms with Gasteiger partial charge in [-0.2, -0.15) is 0 Å². The Kier molecular flexibility index (Phi) is 5.76. The topological polar surface area (TPSA) is 35.5 Å². The Morgan fingerprint density at radius 3 is 2.59 bits per heavy atom. The fourth-order valence-electron chi connectivity index (χ4n) is 1.09. The maximum Gasteiger partial charge on any atom is 0.0867 e. The summed E-state index contributed by atoms with van der Waals surface area (Å²) in [7, 11) is -2.40. The molecule has 0 fully saturated rings. The Labute approximate surface area is 112 Å². The predicted octanol–water partition coefficient (Wildman–Crippen LogP) is 2.79. The second kappa shape index (κ2) is 6.61. The van der Waals surface area contributed by atoms with E-state index >= 15 is 0 Å². The van der Waals surface area contributed by atoms with Crippen molar-refractivity contribution >= 4 is 38.9 Å². The van der Waals surface area contributed by atoms with Crippen LogP contribution < -0.4 is 0 Å². The van der Waals surface area contributed by atoms with Crippen LogP contribution in [0, 0.1) is 0 Å². The molecule has 0 bridgehead atoms. The van der Waals surface area contributed by atoms with Crippen molar-refractivity contribution in [3.05, 3.63) is 33.8 Å². The molecular formula is C11H14Cl2O3S. The summed E-state index contributed by atoms with van der Waals surface area (Å²) in [5.41, 5.74) is 0.922. The van der Waals surface area contributed by atoms with Gasteiger partial charge in [0, 0.05) is 6.26 Å². The number of hydrogen-bond donors (Lipinski definition) is 0. The summed E-state index contributed by atoms with van der Waals surface area (Å²) in [6.45, 7) is 1.00. The molecule has 0 saturated heterocycles. The quantitative estimate of drug-likeness (QED) is 0.598. The van der Waals surface area contributed by atoms with Gasteiger partial charge in [0.05, 0.1) is 39.7 Å². The Balaban J connectivity index is 2.29. The summed E-state index contributed by atoms with van der Waals surface area (Å²) >= 11 is 11.6. The molecule has 17 heavy (non-hydrogen) atoms. The van der Waals surface area contributed by atoms with Gasteiger partial charge in [-0.05, 0) is 23.6 Å². The molecular weight excluding hydrogens is 283 g/mol. The zero-order chi connectivity index (χ0) is 12.9. The lowest BCUT2D eigenvalue weighted by atomic mass is 10.2. The highest BCUT2D eigenvalue weighted by Crippen LogP contribution is 2.22. The van der Waals surface area contributed by atoms with E-state index in [0.29, 0.717) is 23.3 Å². The molecule has 96 valence electrons. The van der Waals surface area contributed by atoms with Crippen molar-refractivity contribution in [3.63, 3.8) is 0 Å². The van der Waals surface area contributed by atoms with E-state index in [1.165, 1.54) is 6.26 Å². The van der Waals surface area contributed by atoms with Crippen LogP contribution in [0.3, 0.4) is 0 Å². The van der Waals surface area contributed by atoms with Crippen LogP contribution in [0.1, 0.15) is 5.56 Å². The molecule has 0 aliphatic rings. The van der Waals surface area contributed by atoms with Gasteiger partial charge in [-0.15, -0.1) is 0 Å². The maximum absolute atomic E-state index is 11.1. The maximum atomic E-state index is 11.1. The predicted molar refractivity (Wildman–Crippen MR) is 73.3 cm³/mol. The van der Waals surface area contributed by atoms with Gasteiger partial charge < -0.3 is 4.74 Å². The highest BCUT2D eigenvalue weighted by molar-refractivity contribution is 7.95. The lowest BCUT2D eigenvalue weighted by molar-refractivity contribution is 0.0930. The van der Waals surface area contributed by atoms with Crippen LogP contribution >= 0.6 is 23.2 Å². The number of hydrogen-bond acceptors (Lipinski definition) is 3. The third-order valence-corrected chi connectivity index (χ3v) is 3.22. The summed E-state index contributed by atoms with van der Waals surface area (Å²) in [6.07, 6.45) is 1.44. The molecule has 0 aromatic heterocycles. The first kappa shape index (κ1) is 14.8. The summed E-state index contributed by atoms with van der Waals surface area (Å²) in [5, 5.41) is 1.01. The van der Waals surface area contributed by atoms with Crippen molar-refractivity contribution in [3.8, 4) is 0 Å². The summed E-state index contributed by atoms with van der Waals surface area (Å²) < 4.78 is 21.4. The molecule has 1 aromatic carbocycles. The second-order valence-electron chi connectivity index (χ2n) is 3.55. The van der Waals surface area contributed by atoms with Crippen LogP contribution in [0.25, 0.3) is 0 Å². The second-order valence-corrected chi connectivity index (χ2v) is 6.45. The molecule has 1 unspecified atom stereocenters. The van der Waals surface area contributed by atoms with Crippen LogP contribution in [0.2, 0.25) is 10.0 Å². The molecule has 0 spiro atoms. The number of halogens is 2. The minimum atomic E-state index is -2.40. The molecule has 0 radical (unpaired) electrons. The van der Waals surface area contributed by atoms with Crippen molar-refractivity contribution in [2.24, 2.45) is 0 Å². The molecule has 1 atom stereocenters. The van der Waals surface area contributed by atoms with E-state index in [1.807, 2.05) is 6.07 Å². The van der Waals surface area contributed by atoms with E-state index in [9.17, 15) is 4.21 Å².